The van der Waals surface area contributed by atoms with Crippen molar-refractivity contribution in [3.8, 4) is 5.75 Å². The SMILES string of the molecule is Cc1cc(/C(=C(\C=N)C(=O)N[C@H]2CCOc3ccccc32)N(C)C)[nH]c1Br. The largest absolute Gasteiger partial charge is 0.493 e. The topological polar surface area (TPSA) is 81.2 Å². The number of hydrogen-bond donors (Lipinski definition) is 3. The first kappa shape index (κ1) is 19.2. The number of aryl methyl sites for hydroxylation is 1. The van der Waals surface area contributed by atoms with E-state index in [4.69, 9.17) is 10.1 Å². The van der Waals surface area contributed by atoms with Gasteiger partial charge in [0, 0.05) is 32.3 Å². The second-order valence-electron chi connectivity index (χ2n) is 6.68. The highest BCUT2D eigenvalue weighted by Gasteiger charge is 2.26. The molecular formula is C20H23BrN4O2. The number of amides is 1. The van der Waals surface area contributed by atoms with Gasteiger partial charge in [0.25, 0.3) is 5.91 Å². The summed E-state index contributed by atoms with van der Waals surface area (Å²) in [7, 11) is 3.72. The summed E-state index contributed by atoms with van der Waals surface area (Å²) >= 11 is 3.47. The van der Waals surface area contributed by atoms with Crippen LogP contribution in [0.5, 0.6) is 5.75 Å². The number of nitrogens with zero attached hydrogens (tertiary/aromatic N) is 1. The maximum absolute atomic E-state index is 13.0. The third kappa shape index (κ3) is 3.93. The molecule has 1 atom stereocenters. The van der Waals surface area contributed by atoms with Crippen LogP contribution >= 0.6 is 15.9 Å². The monoisotopic (exact) mass is 430 g/mol. The summed E-state index contributed by atoms with van der Waals surface area (Å²) in [6.07, 6.45) is 1.80. The molecule has 1 amide bonds. The number of para-hydroxylation sites is 1. The Labute approximate surface area is 167 Å². The molecule has 2 aromatic rings. The van der Waals surface area contributed by atoms with E-state index in [1.165, 1.54) is 0 Å². The number of rotatable bonds is 5. The fraction of sp³-hybridized carbons (Fsp3) is 0.300. The van der Waals surface area contributed by atoms with Crippen LogP contribution in [0.3, 0.4) is 0 Å². The molecule has 0 radical (unpaired) electrons. The highest BCUT2D eigenvalue weighted by atomic mass is 79.9. The van der Waals surface area contributed by atoms with Gasteiger partial charge in [-0.2, -0.15) is 0 Å². The summed E-state index contributed by atoms with van der Waals surface area (Å²) in [5.74, 6) is 0.518. The molecule has 27 heavy (non-hydrogen) atoms. The predicted molar refractivity (Wildman–Crippen MR) is 110 cm³/mol. The molecule has 0 fully saturated rings. The Morgan fingerprint density at radius 3 is 2.78 bits per heavy atom. The Balaban J connectivity index is 1.95. The van der Waals surface area contributed by atoms with Gasteiger partial charge in [-0.3, -0.25) is 4.79 Å². The molecule has 0 saturated carbocycles. The summed E-state index contributed by atoms with van der Waals surface area (Å²) in [5, 5.41) is 10.9. The zero-order valence-corrected chi connectivity index (χ0v) is 17.2. The average molecular weight is 431 g/mol. The fourth-order valence-corrected chi connectivity index (χ4v) is 3.58. The third-order valence-corrected chi connectivity index (χ3v) is 5.39. The van der Waals surface area contributed by atoms with Crippen molar-refractivity contribution in [2.45, 2.75) is 19.4 Å². The number of fused-ring (bicyclic) bond motifs is 1. The summed E-state index contributed by atoms with van der Waals surface area (Å²) in [6, 6.07) is 9.54. The minimum atomic E-state index is -0.279. The molecule has 0 spiro atoms. The lowest BCUT2D eigenvalue weighted by molar-refractivity contribution is -0.117. The van der Waals surface area contributed by atoms with Gasteiger partial charge in [0.05, 0.1) is 34.2 Å². The van der Waals surface area contributed by atoms with Crippen LogP contribution in [0.25, 0.3) is 5.70 Å². The standard InChI is InChI=1S/C20H23BrN4O2/c1-12-10-16(23-19(12)21)18(25(2)3)14(11-22)20(26)24-15-8-9-27-17-7-5-4-6-13(15)17/h4-7,10-11,15,22-23H,8-9H2,1-3H3,(H,24,26)/b18-14-,22-11?/t15-/m0/s1. The minimum absolute atomic E-state index is 0.141. The fourth-order valence-electron chi connectivity index (χ4n) is 3.26. The van der Waals surface area contributed by atoms with Crippen LogP contribution in [0.15, 0.2) is 40.5 Å². The zero-order chi connectivity index (χ0) is 19.6. The molecule has 1 aliphatic rings. The van der Waals surface area contributed by atoms with Crippen molar-refractivity contribution in [1.29, 1.82) is 5.41 Å². The van der Waals surface area contributed by atoms with Crippen molar-refractivity contribution in [2.24, 2.45) is 0 Å². The van der Waals surface area contributed by atoms with Crippen LogP contribution in [-0.4, -0.2) is 42.7 Å². The number of H-pyrrole nitrogens is 1. The number of aromatic amines is 1. The van der Waals surface area contributed by atoms with E-state index in [0.29, 0.717) is 24.3 Å². The van der Waals surface area contributed by atoms with Gasteiger partial charge < -0.3 is 25.3 Å². The van der Waals surface area contributed by atoms with E-state index in [9.17, 15) is 4.79 Å². The lowest BCUT2D eigenvalue weighted by atomic mass is 10.00. The molecule has 6 nitrogen and oxygen atoms in total. The maximum Gasteiger partial charge on any atom is 0.255 e. The van der Waals surface area contributed by atoms with E-state index in [1.54, 1.807) is 0 Å². The van der Waals surface area contributed by atoms with Gasteiger partial charge in [-0.15, -0.1) is 0 Å². The number of aromatic nitrogens is 1. The summed E-state index contributed by atoms with van der Waals surface area (Å²) in [5.41, 5.74) is 3.75. The number of ether oxygens (including phenoxy) is 1. The molecule has 142 valence electrons. The quantitative estimate of drug-likeness (QED) is 0.500. The number of halogens is 1. The lowest BCUT2D eigenvalue weighted by Gasteiger charge is -2.27. The molecule has 3 rings (SSSR count). The van der Waals surface area contributed by atoms with Crippen molar-refractivity contribution in [1.82, 2.24) is 15.2 Å². The lowest BCUT2D eigenvalue weighted by Crippen LogP contribution is -2.34. The number of hydrogen-bond acceptors (Lipinski definition) is 4. The molecule has 1 aromatic carbocycles. The number of nitrogens with one attached hydrogen (secondary N) is 3. The average Bonchev–Trinajstić information content (AvgIpc) is 2.97. The Morgan fingerprint density at radius 1 is 1.41 bits per heavy atom. The van der Waals surface area contributed by atoms with E-state index in [0.717, 1.165) is 33.4 Å². The summed E-state index contributed by atoms with van der Waals surface area (Å²) in [6.45, 7) is 2.52. The molecular weight excluding hydrogens is 408 g/mol. The van der Waals surface area contributed by atoms with E-state index < -0.39 is 0 Å². The van der Waals surface area contributed by atoms with Crippen molar-refractivity contribution in [3.05, 3.63) is 57.3 Å². The van der Waals surface area contributed by atoms with Crippen molar-refractivity contribution >= 4 is 33.7 Å². The van der Waals surface area contributed by atoms with E-state index in [-0.39, 0.29) is 11.9 Å². The molecule has 1 aromatic heterocycles. The van der Waals surface area contributed by atoms with Crippen LogP contribution in [0.2, 0.25) is 0 Å². The first-order chi connectivity index (χ1) is 12.9. The van der Waals surface area contributed by atoms with Gasteiger partial charge in [0.15, 0.2) is 0 Å². The second-order valence-corrected chi connectivity index (χ2v) is 7.48. The van der Waals surface area contributed by atoms with E-state index >= 15 is 0 Å². The molecule has 0 aliphatic carbocycles. The van der Waals surface area contributed by atoms with Gasteiger partial charge in [-0.1, -0.05) is 18.2 Å². The molecule has 0 saturated heterocycles. The van der Waals surface area contributed by atoms with Gasteiger partial charge in [-0.25, -0.2) is 0 Å². The summed E-state index contributed by atoms with van der Waals surface area (Å²) in [4.78, 5) is 18.1. The normalized spacial score (nSPS) is 16.7. The van der Waals surface area contributed by atoms with Crippen LogP contribution in [0.4, 0.5) is 0 Å². The minimum Gasteiger partial charge on any atom is -0.493 e. The van der Waals surface area contributed by atoms with E-state index in [2.05, 4.69) is 26.2 Å². The Bertz CT molecular complexity index is 882. The van der Waals surface area contributed by atoms with E-state index in [1.807, 2.05) is 56.3 Å². The number of carbonyl (C=O) groups excluding carboxylic acids is 1. The Kier molecular flexibility index (Phi) is 5.70. The van der Waals surface area contributed by atoms with Crippen molar-refractivity contribution < 1.29 is 9.53 Å². The number of benzene rings is 1. The van der Waals surface area contributed by atoms with Gasteiger partial charge in [-0.05, 0) is 40.5 Å². The first-order valence-corrected chi connectivity index (χ1v) is 9.51. The number of carbonyl (C=O) groups is 1. The molecule has 0 unspecified atom stereocenters. The Morgan fingerprint density at radius 2 is 2.15 bits per heavy atom. The van der Waals surface area contributed by atoms with Crippen LogP contribution < -0.4 is 10.1 Å². The van der Waals surface area contributed by atoms with Crippen LogP contribution in [0.1, 0.15) is 29.3 Å². The molecule has 1 aliphatic heterocycles. The maximum atomic E-state index is 13.0. The molecule has 3 N–H and O–H groups in total. The molecule has 0 bridgehead atoms. The van der Waals surface area contributed by atoms with Crippen molar-refractivity contribution in [3.63, 3.8) is 0 Å². The molecule has 2 heterocycles. The summed E-state index contributed by atoms with van der Waals surface area (Å²) < 4.78 is 6.53. The molecule has 7 heteroatoms. The zero-order valence-electron chi connectivity index (χ0n) is 15.6. The third-order valence-electron chi connectivity index (χ3n) is 4.56. The second kappa shape index (κ2) is 8.00. The highest BCUT2D eigenvalue weighted by molar-refractivity contribution is 9.10. The smallest absolute Gasteiger partial charge is 0.255 e. The van der Waals surface area contributed by atoms with Crippen LogP contribution in [-0.2, 0) is 4.79 Å². The van der Waals surface area contributed by atoms with Crippen molar-refractivity contribution in [2.75, 3.05) is 20.7 Å². The van der Waals surface area contributed by atoms with Gasteiger partial charge in [0.1, 0.15) is 5.75 Å². The van der Waals surface area contributed by atoms with Gasteiger partial charge >= 0.3 is 0 Å². The Hall–Kier alpha value is -2.54. The predicted octanol–water partition coefficient (Wildman–Crippen LogP) is 3.65. The van der Waals surface area contributed by atoms with Crippen LogP contribution in [0, 0.1) is 12.3 Å². The highest BCUT2D eigenvalue weighted by Crippen LogP contribution is 2.32. The first-order valence-electron chi connectivity index (χ1n) is 8.72. The van der Waals surface area contributed by atoms with Gasteiger partial charge in [0.2, 0.25) is 0 Å².